The molecule has 1 saturated carbocycles. The zero-order chi connectivity index (χ0) is 17.1. The van der Waals surface area contributed by atoms with Gasteiger partial charge in [0.05, 0.1) is 7.11 Å². The molecule has 128 valence electrons. The average molecular weight is 363 g/mol. The standard InChI is InChI=1S/C18H22N2O2S2/c1-20(13-6-9-15(10-13)23-3)18(21)16-11-24-17(19-16)12-4-7-14(22-2)8-5-12/h4-5,7-8,11,13,15H,6,9-10H2,1-3H3/t13-,15+/m1/s1. The number of rotatable bonds is 5. The Balaban J connectivity index is 1.71. The van der Waals surface area contributed by atoms with Gasteiger partial charge in [0.15, 0.2) is 0 Å². The number of hydrogen-bond acceptors (Lipinski definition) is 5. The molecule has 0 aliphatic heterocycles. The van der Waals surface area contributed by atoms with E-state index in [1.807, 2.05) is 53.4 Å². The summed E-state index contributed by atoms with van der Waals surface area (Å²) in [6.45, 7) is 0. The number of carbonyl (C=O) groups excluding carboxylic acids is 1. The van der Waals surface area contributed by atoms with Crippen molar-refractivity contribution in [3.05, 3.63) is 35.3 Å². The lowest BCUT2D eigenvalue weighted by atomic mass is 10.2. The van der Waals surface area contributed by atoms with Gasteiger partial charge in [-0.3, -0.25) is 4.79 Å². The second-order valence-corrected chi connectivity index (χ2v) is 8.00. The molecule has 0 bridgehead atoms. The van der Waals surface area contributed by atoms with E-state index in [9.17, 15) is 4.79 Å². The molecule has 3 rings (SSSR count). The summed E-state index contributed by atoms with van der Waals surface area (Å²) in [5, 5.41) is 3.40. The topological polar surface area (TPSA) is 42.4 Å². The van der Waals surface area contributed by atoms with Crippen LogP contribution in [-0.2, 0) is 0 Å². The molecule has 0 radical (unpaired) electrons. The Bertz CT molecular complexity index is 699. The van der Waals surface area contributed by atoms with E-state index >= 15 is 0 Å². The lowest BCUT2D eigenvalue weighted by Gasteiger charge is -2.23. The molecule has 6 heteroatoms. The second-order valence-electron chi connectivity index (χ2n) is 6.01. The number of benzene rings is 1. The fraction of sp³-hybridized carbons (Fsp3) is 0.444. The van der Waals surface area contributed by atoms with E-state index in [0.29, 0.717) is 17.0 Å². The number of ether oxygens (including phenoxy) is 1. The van der Waals surface area contributed by atoms with Crippen LogP contribution in [0.4, 0.5) is 0 Å². The Morgan fingerprint density at radius 1 is 1.33 bits per heavy atom. The van der Waals surface area contributed by atoms with Crippen molar-refractivity contribution < 1.29 is 9.53 Å². The summed E-state index contributed by atoms with van der Waals surface area (Å²) in [4.78, 5) is 19.1. The van der Waals surface area contributed by atoms with E-state index < -0.39 is 0 Å². The highest BCUT2D eigenvalue weighted by Crippen LogP contribution is 2.32. The van der Waals surface area contributed by atoms with Gasteiger partial charge in [0.2, 0.25) is 0 Å². The zero-order valence-corrected chi connectivity index (χ0v) is 15.8. The van der Waals surface area contributed by atoms with Gasteiger partial charge in [0, 0.05) is 29.3 Å². The van der Waals surface area contributed by atoms with Crippen LogP contribution in [0.3, 0.4) is 0 Å². The minimum atomic E-state index is 0.0257. The van der Waals surface area contributed by atoms with Crippen LogP contribution in [0.15, 0.2) is 29.6 Å². The van der Waals surface area contributed by atoms with Crippen molar-refractivity contribution in [2.45, 2.75) is 30.6 Å². The van der Waals surface area contributed by atoms with Crippen LogP contribution in [0, 0.1) is 0 Å². The maximum Gasteiger partial charge on any atom is 0.273 e. The van der Waals surface area contributed by atoms with Crippen LogP contribution < -0.4 is 4.74 Å². The Labute approximate surface area is 151 Å². The number of hydrogen-bond donors (Lipinski definition) is 0. The molecule has 0 N–H and O–H groups in total. The Morgan fingerprint density at radius 3 is 2.71 bits per heavy atom. The number of methoxy groups -OCH3 is 1. The maximum atomic E-state index is 12.7. The largest absolute Gasteiger partial charge is 0.497 e. The van der Waals surface area contributed by atoms with Crippen LogP contribution in [0.5, 0.6) is 5.75 Å². The predicted molar refractivity (Wildman–Crippen MR) is 101 cm³/mol. The normalized spacial score (nSPS) is 20.1. The number of carbonyl (C=O) groups is 1. The predicted octanol–water partition coefficient (Wildman–Crippen LogP) is 4.17. The first-order valence-corrected chi connectivity index (χ1v) is 10.2. The Kier molecular flexibility index (Phi) is 5.46. The fourth-order valence-electron chi connectivity index (χ4n) is 3.07. The summed E-state index contributed by atoms with van der Waals surface area (Å²) in [5.74, 6) is 0.841. The Morgan fingerprint density at radius 2 is 2.08 bits per heavy atom. The van der Waals surface area contributed by atoms with Gasteiger partial charge >= 0.3 is 0 Å². The van der Waals surface area contributed by atoms with Gasteiger partial charge in [0.1, 0.15) is 16.5 Å². The fourth-order valence-corrected chi connectivity index (χ4v) is 4.65. The van der Waals surface area contributed by atoms with E-state index in [-0.39, 0.29) is 5.91 Å². The molecule has 2 atom stereocenters. The van der Waals surface area contributed by atoms with Crippen LogP contribution >= 0.6 is 23.1 Å². The molecule has 4 nitrogen and oxygen atoms in total. The quantitative estimate of drug-likeness (QED) is 0.800. The summed E-state index contributed by atoms with van der Waals surface area (Å²) in [7, 11) is 3.55. The minimum absolute atomic E-state index is 0.0257. The third-order valence-corrected chi connectivity index (χ3v) is 6.60. The zero-order valence-electron chi connectivity index (χ0n) is 14.2. The number of nitrogens with zero attached hydrogens (tertiary/aromatic N) is 2. The van der Waals surface area contributed by atoms with Crippen molar-refractivity contribution in [1.29, 1.82) is 0 Å². The van der Waals surface area contributed by atoms with Crippen LogP contribution in [-0.4, -0.2) is 47.5 Å². The third-order valence-electron chi connectivity index (χ3n) is 4.62. The first-order valence-electron chi connectivity index (χ1n) is 8.02. The van der Waals surface area contributed by atoms with Crippen LogP contribution in [0.2, 0.25) is 0 Å². The van der Waals surface area contributed by atoms with E-state index in [0.717, 1.165) is 29.2 Å². The third kappa shape index (κ3) is 3.59. The summed E-state index contributed by atoms with van der Waals surface area (Å²) in [6.07, 6.45) is 5.51. The van der Waals surface area contributed by atoms with Gasteiger partial charge in [-0.2, -0.15) is 11.8 Å². The van der Waals surface area contributed by atoms with Crippen LogP contribution in [0.25, 0.3) is 10.6 Å². The van der Waals surface area contributed by atoms with Gasteiger partial charge in [-0.1, -0.05) is 0 Å². The highest BCUT2D eigenvalue weighted by molar-refractivity contribution is 7.99. The van der Waals surface area contributed by atoms with Gasteiger partial charge in [0.25, 0.3) is 5.91 Å². The molecule has 1 aliphatic carbocycles. The lowest BCUT2D eigenvalue weighted by Crippen LogP contribution is -2.35. The lowest BCUT2D eigenvalue weighted by molar-refractivity contribution is 0.0730. The average Bonchev–Trinajstić information content (AvgIpc) is 3.30. The van der Waals surface area contributed by atoms with Crippen molar-refractivity contribution in [3.63, 3.8) is 0 Å². The smallest absolute Gasteiger partial charge is 0.273 e. The molecule has 1 heterocycles. The SMILES string of the molecule is COc1ccc(-c2nc(C(=O)N(C)[C@@H]3CC[C@H](SC)C3)cs2)cc1. The van der Waals surface area contributed by atoms with Crippen molar-refractivity contribution in [2.24, 2.45) is 0 Å². The number of thioether (sulfide) groups is 1. The molecule has 0 saturated heterocycles. The van der Waals surface area contributed by atoms with Gasteiger partial charge in [-0.25, -0.2) is 4.98 Å². The van der Waals surface area contributed by atoms with E-state index in [1.54, 1.807) is 7.11 Å². The maximum absolute atomic E-state index is 12.7. The molecular formula is C18H22N2O2S2. The summed E-state index contributed by atoms with van der Waals surface area (Å²) in [6, 6.07) is 8.09. The summed E-state index contributed by atoms with van der Waals surface area (Å²) < 4.78 is 5.18. The first kappa shape index (κ1) is 17.3. The second kappa shape index (κ2) is 7.57. The van der Waals surface area contributed by atoms with E-state index in [1.165, 1.54) is 17.8 Å². The van der Waals surface area contributed by atoms with Gasteiger partial charge < -0.3 is 9.64 Å². The molecule has 1 aromatic carbocycles. The van der Waals surface area contributed by atoms with Gasteiger partial charge in [-0.05, 0) is 49.8 Å². The van der Waals surface area contributed by atoms with E-state index in [2.05, 4.69) is 11.2 Å². The molecule has 2 aromatic rings. The molecule has 1 amide bonds. The summed E-state index contributed by atoms with van der Waals surface area (Å²) >= 11 is 3.41. The number of aromatic nitrogens is 1. The minimum Gasteiger partial charge on any atom is -0.497 e. The van der Waals surface area contributed by atoms with E-state index in [4.69, 9.17) is 4.74 Å². The van der Waals surface area contributed by atoms with Crippen molar-refractivity contribution in [2.75, 3.05) is 20.4 Å². The number of thiazole rings is 1. The van der Waals surface area contributed by atoms with Crippen LogP contribution in [0.1, 0.15) is 29.8 Å². The Hall–Kier alpha value is -1.53. The molecular weight excluding hydrogens is 340 g/mol. The van der Waals surface area contributed by atoms with Crippen molar-refractivity contribution in [1.82, 2.24) is 9.88 Å². The highest BCUT2D eigenvalue weighted by Gasteiger charge is 2.30. The van der Waals surface area contributed by atoms with Gasteiger partial charge in [-0.15, -0.1) is 11.3 Å². The van der Waals surface area contributed by atoms with Crippen molar-refractivity contribution >= 4 is 29.0 Å². The summed E-state index contributed by atoms with van der Waals surface area (Å²) in [5.41, 5.74) is 1.55. The molecule has 0 spiro atoms. The van der Waals surface area contributed by atoms with Crippen molar-refractivity contribution in [3.8, 4) is 16.3 Å². The molecule has 1 fully saturated rings. The molecule has 1 aliphatic rings. The molecule has 1 aromatic heterocycles. The highest BCUT2D eigenvalue weighted by atomic mass is 32.2. The molecule has 24 heavy (non-hydrogen) atoms. The monoisotopic (exact) mass is 362 g/mol. The number of amides is 1. The first-order chi connectivity index (χ1) is 11.6. The molecule has 0 unspecified atom stereocenters.